The lowest BCUT2D eigenvalue weighted by Crippen LogP contribution is -2.51. The molecule has 1 amide bonds. The molecule has 1 N–H and O–H groups in total. The topological polar surface area (TPSA) is 73.7 Å². The number of likely N-dealkylation sites (tertiary alicyclic amines) is 1. The van der Waals surface area contributed by atoms with Gasteiger partial charge in [0.05, 0.1) is 11.2 Å². The molecule has 154 valence electrons. The SMILES string of the molecule is CN(C)C1(c2ccccn2)CCC2(CC1)CC(=O)N(C(C(=O)O)C(C)(C)C)C2. The van der Waals surface area contributed by atoms with Crippen molar-refractivity contribution in [1.82, 2.24) is 14.8 Å². The Bertz CT molecular complexity index is 731. The van der Waals surface area contributed by atoms with Crippen LogP contribution in [0.3, 0.4) is 0 Å². The van der Waals surface area contributed by atoms with Crippen LogP contribution in [0.15, 0.2) is 24.4 Å². The molecule has 6 nitrogen and oxygen atoms in total. The maximum atomic E-state index is 12.8. The van der Waals surface area contributed by atoms with Gasteiger partial charge in [0.1, 0.15) is 6.04 Å². The maximum absolute atomic E-state index is 12.8. The van der Waals surface area contributed by atoms with E-state index >= 15 is 0 Å². The van der Waals surface area contributed by atoms with Crippen molar-refractivity contribution in [3.05, 3.63) is 30.1 Å². The minimum Gasteiger partial charge on any atom is -0.480 e. The molecular formula is C22H33N3O3. The lowest BCUT2D eigenvalue weighted by atomic mass is 9.65. The third kappa shape index (κ3) is 3.54. The van der Waals surface area contributed by atoms with Gasteiger partial charge >= 0.3 is 5.97 Å². The smallest absolute Gasteiger partial charge is 0.326 e. The Morgan fingerprint density at radius 2 is 1.86 bits per heavy atom. The summed E-state index contributed by atoms with van der Waals surface area (Å²) in [6, 6.07) is 5.27. The minimum atomic E-state index is -0.912. The zero-order chi connectivity index (χ0) is 20.7. The zero-order valence-corrected chi connectivity index (χ0v) is 17.7. The highest BCUT2D eigenvalue weighted by atomic mass is 16.4. The Kier molecular flexibility index (Phi) is 5.30. The molecule has 1 atom stereocenters. The Morgan fingerprint density at radius 3 is 2.32 bits per heavy atom. The summed E-state index contributed by atoms with van der Waals surface area (Å²) in [4.78, 5) is 33.3. The van der Waals surface area contributed by atoms with Crippen LogP contribution in [0, 0.1) is 10.8 Å². The van der Waals surface area contributed by atoms with E-state index in [1.54, 1.807) is 4.90 Å². The number of amides is 1. The molecule has 1 unspecified atom stereocenters. The first-order valence-electron chi connectivity index (χ1n) is 10.1. The first-order valence-corrected chi connectivity index (χ1v) is 10.1. The fourth-order valence-electron chi connectivity index (χ4n) is 5.23. The summed E-state index contributed by atoms with van der Waals surface area (Å²) < 4.78 is 0. The van der Waals surface area contributed by atoms with Crippen LogP contribution in [0.4, 0.5) is 0 Å². The molecule has 1 aromatic rings. The van der Waals surface area contributed by atoms with Crippen molar-refractivity contribution in [2.24, 2.45) is 10.8 Å². The Hall–Kier alpha value is -1.95. The molecule has 1 spiro atoms. The van der Waals surface area contributed by atoms with Gasteiger partial charge in [-0.3, -0.25) is 14.7 Å². The second kappa shape index (κ2) is 7.14. The summed E-state index contributed by atoms with van der Waals surface area (Å²) in [6.07, 6.45) is 5.95. The number of aromatic nitrogens is 1. The fourth-order valence-corrected chi connectivity index (χ4v) is 5.23. The van der Waals surface area contributed by atoms with E-state index in [2.05, 4.69) is 30.0 Å². The maximum Gasteiger partial charge on any atom is 0.326 e. The molecule has 6 heteroatoms. The van der Waals surface area contributed by atoms with E-state index in [1.165, 1.54) is 0 Å². The molecule has 1 saturated carbocycles. The molecule has 0 radical (unpaired) electrons. The number of pyridine rings is 1. The standard InChI is InChI=1S/C22H33N3O3/c1-20(2,3)18(19(27)28)25-15-21(14-17(25)26)9-11-22(12-10-21,24(4)5)16-8-6-7-13-23-16/h6-8,13,18H,9-12,14-15H2,1-5H3,(H,27,28). The summed E-state index contributed by atoms with van der Waals surface area (Å²) >= 11 is 0. The third-order valence-electron chi connectivity index (χ3n) is 6.85. The van der Waals surface area contributed by atoms with Gasteiger partial charge in [-0.15, -0.1) is 0 Å². The number of carboxylic acids is 1. The van der Waals surface area contributed by atoms with E-state index in [1.807, 2.05) is 39.1 Å². The molecule has 1 aromatic heterocycles. The van der Waals surface area contributed by atoms with Crippen molar-refractivity contribution in [3.63, 3.8) is 0 Å². The molecule has 0 aromatic carbocycles. The molecule has 1 aliphatic heterocycles. The highest BCUT2D eigenvalue weighted by Gasteiger charge is 2.53. The normalized spacial score (nSPS) is 29.5. The summed E-state index contributed by atoms with van der Waals surface area (Å²) in [5, 5.41) is 9.77. The van der Waals surface area contributed by atoms with Gasteiger partial charge in [-0.2, -0.15) is 0 Å². The Morgan fingerprint density at radius 1 is 1.21 bits per heavy atom. The van der Waals surface area contributed by atoms with Crippen LogP contribution in [-0.2, 0) is 15.1 Å². The van der Waals surface area contributed by atoms with Crippen LogP contribution in [0.1, 0.15) is 58.6 Å². The lowest BCUT2D eigenvalue weighted by molar-refractivity contribution is -0.153. The number of rotatable bonds is 4. The number of carbonyl (C=O) groups is 2. The number of hydrogen-bond acceptors (Lipinski definition) is 4. The summed E-state index contributed by atoms with van der Waals surface area (Å²) in [5.74, 6) is -0.928. The lowest BCUT2D eigenvalue weighted by Gasteiger charge is -2.48. The van der Waals surface area contributed by atoms with Crippen LogP contribution in [0.5, 0.6) is 0 Å². The molecule has 2 heterocycles. The van der Waals surface area contributed by atoms with Gasteiger partial charge < -0.3 is 10.0 Å². The van der Waals surface area contributed by atoms with Gasteiger partial charge in [0, 0.05) is 19.2 Å². The van der Waals surface area contributed by atoms with Crippen molar-refractivity contribution in [3.8, 4) is 0 Å². The summed E-state index contributed by atoms with van der Waals surface area (Å²) in [6.45, 7) is 6.22. The predicted octanol–water partition coefficient (Wildman–Crippen LogP) is 3.13. The molecule has 3 rings (SSSR count). The van der Waals surface area contributed by atoms with Crippen molar-refractivity contribution in [1.29, 1.82) is 0 Å². The van der Waals surface area contributed by atoms with Crippen LogP contribution in [0.25, 0.3) is 0 Å². The fraction of sp³-hybridized carbons (Fsp3) is 0.682. The monoisotopic (exact) mass is 387 g/mol. The zero-order valence-electron chi connectivity index (χ0n) is 17.7. The number of aliphatic carboxylic acids is 1. The minimum absolute atomic E-state index is 0.0162. The van der Waals surface area contributed by atoms with Gasteiger partial charge in [-0.05, 0) is 62.7 Å². The van der Waals surface area contributed by atoms with E-state index in [4.69, 9.17) is 0 Å². The Balaban J connectivity index is 1.82. The van der Waals surface area contributed by atoms with Crippen molar-refractivity contribution >= 4 is 11.9 Å². The van der Waals surface area contributed by atoms with E-state index in [0.29, 0.717) is 13.0 Å². The summed E-state index contributed by atoms with van der Waals surface area (Å²) in [5.41, 5.74) is 0.334. The van der Waals surface area contributed by atoms with Crippen molar-refractivity contribution in [2.45, 2.75) is 64.5 Å². The first-order chi connectivity index (χ1) is 13.0. The highest BCUT2D eigenvalue weighted by molar-refractivity contribution is 5.86. The number of carbonyl (C=O) groups excluding carboxylic acids is 1. The predicted molar refractivity (Wildman–Crippen MR) is 108 cm³/mol. The first kappa shape index (κ1) is 20.8. The third-order valence-corrected chi connectivity index (χ3v) is 6.85. The average molecular weight is 388 g/mol. The second-order valence-corrected chi connectivity index (χ2v) is 9.95. The van der Waals surface area contributed by atoms with E-state index in [-0.39, 0.29) is 16.9 Å². The van der Waals surface area contributed by atoms with Gasteiger partial charge in [-0.25, -0.2) is 4.79 Å². The van der Waals surface area contributed by atoms with Crippen molar-refractivity contribution in [2.75, 3.05) is 20.6 Å². The van der Waals surface area contributed by atoms with Gasteiger partial charge in [0.25, 0.3) is 0 Å². The van der Waals surface area contributed by atoms with E-state index in [0.717, 1.165) is 31.4 Å². The molecule has 2 fully saturated rings. The van der Waals surface area contributed by atoms with Crippen LogP contribution < -0.4 is 0 Å². The van der Waals surface area contributed by atoms with E-state index < -0.39 is 17.4 Å². The molecule has 1 aliphatic carbocycles. The highest BCUT2D eigenvalue weighted by Crippen LogP contribution is 2.52. The molecule has 1 saturated heterocycles. The second-order valence-electron chi connectivity index (χ2n) is 9.95. The number of carboxylic acid groups (broad SMARTS) is 1. The van der Waals surface area contributed by atoms with Crippen LogP contribution in [-0.4, -0.2) is 58.4 Å². The summed E-state index contributed by atoms with van der Waals surface area (Å²) in [7, 11) is 4.19. The van der Waals surface area contributed by atoms with Gasteiger partial charge in [-0.1, -0.05) is 26.8 Å². The van der Waals surface area contributed by atoms with E-state index in [9.17, 15) is 14.7 Å². The molecule has 28 heavy (non-hydrogen) atoms. The number of hydrogen-bond donors (Lipinski definition) is 1. The van der Waals surface area contributed by atoms with Crippen LogP contribution >= 0.6 is 0 Å². The number of nitrogens with zero attached hydrogens (tertiary/aromatic N) is 3. The van der Waals surface area contributed by atoms with Gasteiger partial charge in [0.2, 0.25) is 5.91 Å². The quantitative estimate of drug-likeness (QED) is 0.859. The molecular weight excluding hydrogens is 354 g/mol. The van der Waals surface area contributed by atoms with Gasteiger partial charge in [0.15, 0.2) is 0 Å². The molecule has 2 aliphatic rings. The van der Waals surface area contributed by atoms with Crippen molar-refractivity contribution < 1.29 is 14.7 Å². The molecule has 0 bridgehead atoms. The largest absolute Gasteiger partial charge is 0.480 e. The van der Waals surface area contributed by atoms with Crippen LogP contribution in [0.2, 0.25) is 0 Å². The Labute approximate surface area is 167 Å². The average Bonchev–Trinajstić information content (AvgIpc) is 2.90.